The van der Waals surface area contributed by atoms with Crippen molar-refractivity contribution in [1.29, 1.82) is 0 Å². The zero-order valence-electron chi connectivity index (χ0n) is 15.5. The number of rotatable bonds is 2. The van der Waals surface area contributed by atoms with Crippen LogP contribution in [0.2, 0.25) is 0 Å². The van der Waals surface area contributed by atoms with Crippen molar-refractivity contribution in [3.63, 3.8) is 0 Å². The molecule has 4 rings (SSSR count). The van der Waals surface area contributed by atoms with Crippen LogP contribution in [-0.2, 0) is 4.79 Å². The lowest BCUT2D eigenvalue weighted by atomic mass is 9.80. The zero-order chi connectivity index (χ0) is 18.5. The largest absolute Gasteiger partial charge is 0.273 e. The first-order valence-corrected chi connectivity index (χ1v) is 8.86. The van der Waals surface area contributed by atoms with E-state index in [0.29, 0.717) is 5.82 Å². The van der Waals surface area contributed by atoms with Gasteiger partial charge in [0.2, 0.25) is 5.91 Å². The van der Waals surface area contributed by atoms with Gasteiger partial charge in [-0.1, -0.05) is 12.2 Å². The molecule has 0 bridgehead atoms. The van der Waals surface area contributed by atoms with Gasteiger partial charge in [0, 0.05) is 17.8 Å². The summed E-state index contributed by atoms with van der Waals surface area (Å²) in [5.74, 6) is 0.840. The SMILES string of the molecule is Cc1cnc(N2C(=O)C(C)(C)C3=CCC(c4ccnc(C)c4)C=C32)cn1. The molecule has 26 heavy (non-hydrogen) atoms. The van der Waals surface area contributed by atoms with Gasteiger partial charge in [0.15, 0.2) is 5.82 Å². The van der Waals surface area contributed by atoms with E-state index in [4.69, 9.17) is 0 Å². The normalized spacial score (nSPS) is 21.3. The number of aryl methyl sites for hydroxylation is 2. The number of hydrogen-bond acceptors (Lipinski definition) is 4. The Morgan fingerprint density at radius 1 is 1.12 bits per heavy atom. The molecule has 1 aliphatic carbocycles. The highest BCUT2D eigenvalue weighted by atomic mass is 16.2. The summed E-state index contributed by atoms with van der Waals surface area (Å²) in [4.78, 5) is 27.9. The Morgan fingerprint density at radius 3 is 2.62 bits per heavy atom. The van der Waals surface area contributed by atoms with Crippen LogP contribution in [0.25, 0.3) is 0 Å². The second kappa shape index (κ2) is 5.87. The molecule has 3 heterocycles. The van der Waals surface area contributed by atoms with E-state index < -0.39 is 5.41 Å². The highest BCUT2D eigenvalue weighted by Gasteiger charge is 2.48. The number of anilines is 1. The maximum absolute atomic E-state index is 13.1. The van der Waals surface area contributed by atoms with Crippen LogP contribution < -0.4 is 4.90 Å². The second-order valence-corrected chi connectivity index (χ2v) is 7.52. The van der Waals surface area contributed by atoms with Crippen molar-refractivity contribution < 1.29 is 4.79 Å². The van der Waals surface area contributed by atoms with Gasteiger partial charge in [-0.05, 0) is 57.4 Å². The van der Waals surface area contributed by atoms with Gasteiger partial charge in [0.05, 0.1) is 29.2 Å². The fraction of sp³-hybridized carbons (Fsp3) is 0.333. The van der Waals surface area contributed by atoms with Crippen molar-refractivity contribution in [3.05, 3.63) is 71.1 Å². The Morgan fingerprint density at radius 2 is 1.92 bits per heavy atom. The quantitative estimate of drug-likeness (QED) is 0.828. The van der Waals surface area contributed by atoms with Crippen molar-refractivity contribution >= 4 is 11.7 Å². The number of pyridine rings is 1. The molecule has 5 nitrogen and oxygen atoms in total. The fourth-order valence-electron chi connectivity index (χ4n) is 3.73. The molecule has 2 aliphatic rings. The maximum Gasteiger partial charge on any atom is 0.242 e. The molecule has 132 valence electrons. The van der Waals surface area contributed by atoms with E-state index in [1.807, 2.05) is 40.0 Å². The molecular formula is C21H22N4O. The third kappa shape index (κ3) is 2.55. The Balaban J connectivity index is 1.80. The Labute approximate surface area is 153 Å². The number of aromatic nitrogens is 3. The first kappa shape index (κ1) is 16.6. The van der Waals surface area contributed by atoms with Crippen molar-refractivity contribution in [3.8, 4) is 0 Å². The summed E-state index contributed by atoms with van der Waals surface area (Å²) >= 11 is 0. The lowest BCUT2D eigenvalue weighted by Crippen LogP contribution is -2.31. The van der Waals surface area contributed by atoms with Gasteiger partial charge < -0.3 is 0 Å². The summed E-state index contributed by atoms with van der Waals surface area (Å²) in [6.07, 6.45) is 10.5. The van der Waals surface area contributed by atoms with E-state index in [-0.39, 0.29) is 11.8 Å². The van der Waals surface area contributed by atoms with Crippen LogP contribution in [0.3, 0.4) is 0 Å². The number of carbonyl (C=O) groups excluding carboxylic acids is 1. The first-order valence-electron chi connectivity index (χ1n) is 8.86. The monoisotopic (exact) mass is 346 g/mol. The molecule has 0 radical (unpaired) electrons. The highest BCUT2D eigenvalue weighted by Crippen LogP contribution is 2.48. The van der Waals surface area contributed by atoms with E-state index in [1.54, 1.807) is 17.3 Å². The highest BCUT2D eigenvalue weighted by molar-refractivity contribution is 6.07. The minimum absolute atomic E-state index is 0.0414. The molecule has 1 amide bonds. The minimum atomic E-state index is -0.558. The number of carbonyl (C=O) groups is 1. The van der Waals surface area contributed by atoms with E-state index in [0.717, 1.165) is 29.1 Å². The predicted octanol–water partition coefficient (Wildman–Crippen LogP) is 3.86. The van der Waals surface area contributed by atoms with E-state index >= 15 is 0 Å². The molecule has 0 aromatic carbocycles. The van der Waals surface area contributed by atoms with Crippen molar-refractivity contribution in [1.82, 2.24) is 15.0 Å². The standard InChI is InChI=1S/C21H22N4O/c1-13-9-16(7-8-22-13)15-5-6-17-18(10-15)25(20(26)21(17,3)4)19-12-23-14(2)11-24-19/h6-12,15H,5H2,1-4H3. The summed E-state index contributed by atoms with van der Waals surface area (Å²) in [6, 6.07) is 4.16. The van der Waals surface area contributed by atoms with Crippen LogP contribution in [0.1, 0.15) is 43.1 Å². The zero-order valence-corrected chi connectivity index (χ0v) is 15.5. The third-order valence-corrected chi connectivity index (χ3v) is 5.21. The summed E-state index contributed by atoms with van der Waals surface area (Å²) < 4.78 is 0. The van der Waals surface area contributed by atoms with Gasteiger partial charge in [0.1, 0.15) is 0 Å². The molecule has 1 fully saturated rings. The molecule has 0 N–H and O–H groups in total. The van der Waals surface area contributed by atoms with Crippen LogP contribution >= 0.6 is 0 Å². The molecule has 0 spiro atoms. The van der Waals surface area contributed by atoms with Gasteiger partial charge in [-0.15, -0.1) is 0 Å². The first-order chi connectivity index (χ1) is 12.4. The summed E-state index contributed by atoms with van der Waals surface area (Å²) in [5, 5.41) is 0. The molecule has 5 heteroatoms. The molecule has 2 aromatic rings. The average molecular weight is 346 g/mol. The fourth-order valence-corrected chi connectivity index (χ4v) is 3.73. The number of allylic oxidation sites excluding steroid dienone is 3. The Bertz CT molecular complexity index is 941. The topological polar surface area (TPSA) is 59.0 Å². The van der Waals surface area contributed by atoms with Gasteiger partial charge in [-0.3, -0.25) is 19.7 Å². The van der Waals surface area contributed by atoms with E-state index in [2.05, 4.69) is 33.2 Å². The minimum Gasteiger partial charge on any atom is -0.273 e. The molecular weight excluding hydrogens is 324 g/mol. The molecule has 1 saturated heterocycles. The molecule has 1 unspecified atom stereocenters. The van der Waals surface area contributed by atoms with Crippen molar-refractivity contribution in [2.24, 2.45) is 5.41 Å². The maximum atomic E-state index is 13.1. The van der Waals surface area contributed by atoms with Gasteiger partial charge in [-0.2, -0.15) is 0 Å². The second-order valence-electron chi connectivity index (χ2n) is 7.52. The van der Waals surface area contributed by atoms with Crippen LogP contribution in [0.15, 0.2) is 54.1 Å². The number of fused-ring (bicyclic) bond motifs is 1. The van der Waals surface area contributed by atoms with Gasteiger partial charge >= 0.3 is 0 Å². The van der Waals surface area contributed by atoms with Gasteiger partial charge in [-0.25, -0.2) is 4.98 Å². The van der Waals surface area contributed by atoms with Crippen molar-refractivity contribution in [2.75, 3.05) is 4.90 Å². The number of amides is 1. The predicted molar refractivity (Wildman–Crippen MR) is 101 cm³/mol. The third-order valence-electron chi connectivity index (χ3n) is 5.21. The lowest BCUT2D eigenvalue weighted by Gasteiger charge is -2.23. The Kier molecular flexibility index (Phi) is 3.75. The van der Waals surface area contributed by atoms with Gasteiger partial charge in [0.25, 0.3) is 0 Å². The molecule has 1 aliphatic heterocycles. The summed E-state index contributed by atoms with van der Waals surface area (Å²) in [7, 11) is 0. The van der Waals surface area contributed by atoms with Crippen LogP contribution in [-0.4, -0.2) is 20.9 Å². The Hall–Kier alpha value is -2.82. The summed E-state index contributed by atoms with van der Waals surface area (Å²) in [6.45, 7) is 7.84. The van der Waals surface area contributed by atoms with Crippen LogP contribution in [0.4, 0.5) is 5.82 Å². The van der Waals surface area contributed by atoms with E-state index in [9.17, 15) is 4.79 Å². The number of nitrogens with zero attached hydrogens (tertiary/aromatic N) is 4. The molecule has 1 atom stereocenters. The summed E-state index contributed by atoms with van der Waals surface area (Å²) in [5.41, 5.74) is 4.50. The molecule has 0 saturated carbocycles. The number of hydrogen-bond donors (Lipinski definition) is 0. The smallest absolute Gasteiger partial charge is 0.242 e. The molecule has 2 aromatic heterocycles. The average Bonchev–Trinajstić information content (AvgIpc) is 2.82. The van der Waals surface area contributed by atoms with E-state index in [1.165, 1.54) is 5.56 Å². The van der Waals surface area contributed by atoms with Crippen LogP contribution in [0.5, 0.6) is 0 Å². The van der Waals surface area contributed by atoms with Crippen molar-refractivity contribution in [2.45, 2.75) is 40.0 Å². The lowest BCUT2D eigenvalue weighted by molar-refractivity contribution is -0.122. The van der Waals surface area contributed by atoms with Crippen LogP contribution in [0, 0.1) is 19.3 Å².